The monoisotopic (exact) mass is 399 g/mol. The van der Waals surface area contributed by atoms with Crippen molar-refractivity contribution in [1.29, 1.82) is 0 Å². The summed E-state index contributed by atoms with van der Waals surface area (Å²) in [5.74, 6) is 0.771. The largest absolute Gasteiger partial charge is 0.380 e. The number of anilines is 1. The zero-order valence-electron chi connectivity index (χ0n) is 16.8. The van der Waals surface area contributed by atoms with Crippen LogP contribution in [-0.2, 0) is 16.4 Å². The summed E-state index contributed by atoms with van der Waals surface area (Å²) in [7, 11) is -3.45. The summed E-state index contributed by atoms with van der Waals surface area (Å²) in [6.45, 7) is 9.50. The third-order valence-electron chi connectivity index (χ3n) is 4.35. The lowest BCUT2D eigenvalue weighted by atomic mass is 10.2. The molecule has 3 rings (SSSR count). The molecule has 0 aliphatic heterocycles. The lowest BCUT2D eigenvalue weighted by Gasteiger charge is -2.18. The first-order valence-electron chi connectivity index (χ1n) is 9.01. The maximum absolute atomic E-state index is 12.4. The van der Waals surface area contributed by atoms with Crippen molar-refractivity contribution in [1.82, 2.24) is 19.7 Å². The first kappa shape index (κ1) is 20.0. The molecule has 0 aromatic carbocycles. The molecule has 7 nitrogen and oxygen atoms in total. The van der Waals surface area contributed by atoms with Crippen LogP contribution < -0.4 is 5.32 Å². The lowest BCUT2D eigenvalue weighted by Crippen LogP contribution is -2.28. The summed E-state index contributed by atoms with van der Waals surface area (Å²) < 4.78 is 25.8. The van der Waals surface area contributed by atoms with Crippen LogP contribution in [0.15, 0.2) is 47.8 Å². The number of sulfone groups is 1. The van der Waals surface area contributed by atoms with Crippen LogP contribution >= 0.6 is 0 Å². The van der Waals surface area contributed by atoms with Gasteiger partial charge >= 0.3 is 0 Å². The molecule has 0 saturated heterocycles. The zero-order chi connectivity index (χ0) is 20.5. The number of aromatic nitrogens is 4. The third kappa shape index (κ3) is 4.06. The molecule has 0 amide bonds. The van der Waals surface area contributed by atoms with Crippen LogP contribution in [0.5, 0.6) is 0 Å². The molecule has 8 heteroatoms. The summed E-state index contributed by atoms with van der Waals surface area (Å²) in [6.07, 6.45) is 3.33. The summed E-state index contributed by atoms with van der Waals surface area (Å²) in [4.78, 5) is 8.59. The van der Waals surface area contributed by atoms with Gasteiger partial charge < -0.3 is 5.32 Å². The number of hydrogen-bond acceptors (Lipinski definition) is 6. The van der Waals surface area contributed by atoms with Crippen molar-refractivity contribution in [2.75, 3.05) is 5.32 Å². The van der Waals surface area contributed by atoms with Crippen molar-refractivity contribution in [2.45, 2.75) is 50.9 Å². The van der Waals surface area contributed by atoms with Gasteiger partial charge in [0.1, 0.15) is 0 Å². The third-order valence-corrected chi connectivity index (χ3v) is 6.75. The molecule has 0 bridgehead atoms. The first-order valence-corrected chi connectivity index (χ1v) is 10.5. The fourth-order valence-corrected chi connectivity index (χ4v) is 3.74. The fraction of sp³-hybridized carbons (Fsp3) is 0.350. The highest BCUT2D eigenvalue weighted by Gasteiger charge is 2.31. The van der Waals surface area contributed by atoms with Crippen LogP contribution in [0.25, 0.3) is 5.82 Å². The van der Waals surface area contributed by atoms with Crippen molar-refractivity contribution >= 4 is 15.5 Å². The van der Waals surface area contributed by atoms with Crippen LogP contribution in [0.3, 0.4) is 0 Å². The zero-order valence-corrected chi connectivity index (χ0v) is 17.6. The first-order chi connectivity index (χ1) is 13.1. The average Bonchev–Trinajstić information content (AvgIpc) is 2.98. The molecular formula is C20H25N5O2S. The van der Waals surface area contributed by atoms with E-state index >= 15 is 0 Å². The van der Waals surface area contributed by atoms with E-state index in [2.05, 4.69) is 20.4 Å². The topological polar surface area (TPSA) is 89.8 Å². The Hall–Kier alpha value is -2.74. The van der Waals surface area contributed by atoms with Gasteiger partial charge in [-0.2, -0.15) is 5.10 Å². The highest BCUT2D eigenvalue weighted by molar-refractivity contribution is 7.92. The molecule has 0 fully saturated rings. The molecule has 148 valence electrons. The van der Waals surface area contributed by atoms with Crippen LogP contribution in [0.4, 0.5) is 5.69 Å². The molecule has 0 spiro atoms. The normalized spacial score (nSPS) is 12.2. The second-order valence-corrected chi connectivity index (χ2v) is 10.4. The second kappa shape index (κ2) is 7.35. The van der Waals surface area contributed by atoms with Crippen molar-refractivity contribution in [2.24, 2.45) is 0 Å². The van der Waals surface area contributed by atoms with Gasteiger partial charge in [-0.1, -0.05) is 6.07 Å². The Morgan fingerprint density at radius 3 is 2.29 bits per heavy atom. The van der Waals surface area contributed by atoms with E-state index in [1.807, 2.05) is 36.7 Å². The maximum Gasteiger partial charge on any atom is 0.200 e. The molecule has 3 aromatic rings. The van der Waals surface area contributed by atoms with Crippen molar-refractivity contribution in [3.8, 4) is 5.82 Å². The smallest absolute Gasteiger partial charge is 0.200 e. The fourth-order valence-electron chi connectivity index (χ4n) is 2.67. The van der Waals surface area contributed by atoms with Gasteiger partial charge in [-0.15, -0.1) is 0 Å². The van der Waals surface area contributed by atoms with Gasteiger partial charge in [-0.05, 0) is 64.4 Å². The van der Waals surface area contributed by atoms with E-state index < -0.39 is 14.6 Å². The SMILES string of the molecule is Cc1cc(C)n(-c2ccc(CNc3ccc(S(=O)(=O)C(C)(C)C)nc3)cn2)n1. The highest BCUT2D eigenvalue weighted by Crippen LogP contribution is 2.24. The van der Waals surface area contributed by atoms with Crippen molar-refractivity contribution < 1.29 is 8.42 Å². The Labute approximate surface area is 165 Å². The van der Waals surface area contributed by atoms with Gasteiger partial charge in [0.05, 0.1) is 22.3 Å². The van der Waals surface area contributed by atoms with Gasteiger partial charge in [0.15, 0.2) is 20.7 Å². The van der Waals surface area contributed by atoms with Crippen LogP contribution in [0.1, 0.15) is 37.7 Å². The van der Waals surface area contributed by atoms with E-state index in [-0.39, 0.29) is 5.03 Å². The molecule has 0 aliphatic carbocycles. The van der Waals surface area contributed by atoms with Gasteiger partial charge in [0.25, 0.3) is 0 Å². The molecular weight excluding hydrogens is 374 g/mol. The molecule has 0 radical (unpaired) electrons. The van der Waals surface area contributed by atoms with E-state index in [0.29, 0.717) is 6.54 Å². The minimum atomic E-state index is -3.45. The number of aryl methyl sites for hydroxylation is 2. The van der Waals surface area contributed by atoms with Crippen molar-refractivity contribution in [3.63, 3.8) is 0 Å². The predicted molar refractivity (Wildman–Crippen MR) is 109 cm³/mol. The summed E-state index contributed by atoms with van der Waals surface area (Å²) in [5, 5.41) is 7.75. The molecule has 0 aliphatic rings. The maximum atomic E-state index is 12.4. The Morgan fingerprint density at radius 1 is 1.04 bits per heavy atom. The number of hydrogen-bond donors (Lipinski definition) is 1. The molecule has 28 heavy (non-hydrogen) atoms. The van der Waals surface area contributed by atoms with Crippen molar-refractivity contribution in [3.05, 3.63) is 59.7 Å². The Kier molecular flexibility index (Phi) is 5.25. The predicted octanol–water partition coefficient (Wildman–Crippen LogP) is 3.46. The summed E-state index contributed by atoms with van der Waals surface area (Å²) in [6, 6.07) is 9.18. The molecule has 0 atom stereocenters. The Bertz CT molecular complexity index is 1060. The van der Waals surface area contributed by atoms with Gasteiger partial charge in [-0.25, -0.2) is 23.1 Å². The highest BCUT2D eigenvalue weighted by atomic mass is 32.2. The van der Waals surface area contributed by atoms with Crippen LogP contribution in [0, 0.1) is 13.8 Å². The van der Waals surface area contributed by atoms with E-state index in [1.165, 1.54) is 12.3 Å². The van der Waals surface area contributed by atoms with Crippen LogP contribution in [-0.4, -0.2) is 32.9 Å². The summed E-state index contributed by atoms with van der Waals surface area (Å²) in [5.41, 5.74) is 3.73. The molecule has 0 saturated carbocycles. The quantitative estimate of drug-likeness (QED) is 0.707. The van der Waals surface area contributed by atoms with Gasteiger partial charge in [0.2, 0.25) is 0 Å². The average molecular weight is 400 g/mol. The van der Waals surface area contributed by atoms with Crippen LogP contribution in [0.2, 0.25) is 0 Å². The molecule has 3 heterocycles. The standard InChI is InChI=1S/C20H25N5O2S/c1-14-10-15(2)25(24-14)18-8-6-16(12-22-18)11-21-17-7-9-19(23-13-17)28(26,27)20(3,4)5/h6-10,12-13,21H,11H2,1-5H3. The number of pyridine rings is 2. The molecule has 3 aromatic heterocycles. The van der Waals surface area contributed by atoms with E-state index in [9.17, 15) is 8.42 Å². The van der Waals surface area contributed by atoms with Gasteiger partial charge in [-0.3, -0.25) is 0 Å². The van der Waals surface area contributed by atoms with E-state index in [0.717, 1.165) is 28.5 Å². The summed E-state index contributed by atoms with van der Waals surface area (Å²) >= 11 is 0. The Morgan fingerprint density at radius 2 is 1.79 bits per heavy atom. The minimum Gasteiger partial charge on any atom is -0.380 e. The second-order valence-electron chi connectivity index (χ2n) is 7.72. The van der Waals surface area contributed by atoms with E-state index in [4.69, 9.17) is 0 Å². The van der Waals surface area contributed by atoms with Gasteiger partial charge in [0, 0.05) is 18.4 Å². The molecule has 0 unspecified atom stereocenters. The lowest BCUT2D eigenvalue weighted by molar-refractivity contribution is 0.556. The van der Waals surface area contributed by atoms with E-state index in [1.54, 1.807) is 33.0 Å². The number of rotatable bonds is 5. The number of nitrogens with zero attached hydrogens (tertiary/aromatic N) is 4. The Balaban J connectivity index is 1.67. The number of nitrogens with one attached hydrogen (secondary N) is 1. The minimum absolute atomic E-state index is 0.0847. The molecule has 1 N–H and O–H groups in total.